The highest BCUT2D eigenvalue weighted by atomic mass is 79.9. The number of unbranched alkanes of at least 4 members (excludes halogenated alkanes) is 16. The first-order valence-corrected chi connectivity index (χ1v) is 14.1. The van der Waals surface area contributed by atoms with Crippen molar-refractivity contribution in [3.63, 3.8) is 0 Å². The van der Waals surface area contributed by atoms with Crippen LogP contribution in [-0.2, 0) is 0 Å². The zero-order valence-corrected chi connectivity index (χ0v) is 23.4. The highest BCUT2D eigenvalue weighted by molar-refractivity contribution is 4.53. The summed E-state index contributed by atoms with van der Waals surface area (Å²) in [5, 5.41) is 0. The quantitative estimate of drug-likeness (QED) is 0.104. The van der Waals surface area contributed by atoms with E-state index in [-0.39, 0.29) is 17.0 Å². The summed E-state index contributed by atoms with van der Waals surface area (Å²) in [4.78, 5) is 0. The summed E-state index contributed by atoms with van der Waals surface area (Å²) in [7, 11) is 0. The van der Waals surface area contributed by atoms with Crippen molar-refractivity contribution in [2.45, 2.75) is 156 Å². The molecule has 0 aromatic carbocycles. The van der Waals surface area contributed by atoms with E-state index in [4.69, 9.17) is 0 Å². The van der Waals surface area contributed by atoms with E-state index >= 15 is 0 Å². The van der Waals surface area contributed by atoms with Crippen LogP contribution in [0.4, 0.5) is 0 Å². The molecule has 0 radical (unpaired) electrons. The summed E-state index contributed by atoms with van der Waals surface area (Å²) in [6.45, 7) is 15.2. The Kier molecular flexibility index (Phi) is 27.9. The van der Waals surface area contributed by atoms with Crippen LogP contribution in [0.3, 0.4) is 0 Å². The van der Waals surface area contributed by atoms with Crippen molar-refractivity contribution < 1.29 is 21.5 Å². The molecule has 2 heteroatoms. The van der Waals surface area contributed by atoms with Crippen LogP contribution in [0.15, 0.2) is 0 Å². The lowest BCUT2D eigenvalue weighted by molar-refractivity contribution is -0.929. The number of hydrogen-bond donors (Lipinski definition) is 0. The van der Waals surface area contributed by atoms with Gasteiger partial charge in [-0.25, -0.2) is 0 Å². The Hall–Kier alpha value is 0.440. The fourth-order valence-corrected chi connectivity index (χ4v) is 4.82. The molecule has 0 spiro atoms. The van der Waals surface area contributed by atoms with E-state index < -0.39 is 0 Å². The van der Waals surface area contributed by atoms with Gasteiger partial charge >= 0.3 is 0 Å². The Balaban J connectivity index is 0. The van der Waals surface area contributed by atoms with Gasteiger partial charge in [0, 0.05) is 0 Å². The van der Waals surface area contributed by atoms with E-state index in [0.717, 1.165) is 0 Å². The lowest BCUT2D eigenvalue weighted by Crippen LogP contribution is -3.00. The molecule has 0 N–H and O–H groups in total. The second kappa shape index (κ2) is 25.7. The molecule has 0 saturated carbocycles. The maximum absolute atomic E-state index is 2.38. The van der Waals surface area contributed by atoms with Crippen molar-refractivity contribution in [3.8, 4) is 0 Å². The summed E-state index contributed by atoms with van der Waals surface area (Å²) < 4.78 is 1.45. The van der Waals surface area contributed by atoms with Gasteiger partial charge in [0.1, 0.15) is 0 Å². The standard InChI is InChI=1S/C28H60N.BrH/c1-5-9-13-15-17-19-21-23-27-29(25-11-7-3,26-12-8-4)28-24-22-20-18-16-14-10-6-2;/h5-28H2,1-4H3;1H/q+1;/p-1. The van der Waals surface area contributed by atoms with Crippen molar-refractivity contribution in [1.82, 2.24) is 0 Å². The predicted octanol–water partition coefficient (Wildman–Crippen LogP) is 6.69. The van der Waals surface area contributed by atoms with Crippen LogP contribution < -0.4 is 17.0 Å². The molecular formula is C28H60BrN. The molecule has 0 aliphatic heterocycles. The van der Waals surface area contributed by atoms with Gasteiger partial charge in [-0.15, -0.1) is 0 Å². The second-order valence-electron chi connectivity index (χ2n) is 9.89. The van der Waals surface area contributed by atoms with Crippen LogP contribution in [0, 0.1) is 0 Å². The van der Waals surface area contributed by atoms with Gasteiger partial charge in [0.25, 0.3) is 0 Å². The fraction of sp³-hybridized carbons (Fsp3) is 1.00. The van der Waals surface area contributed by atoms with Gasteiger partial charge in [0.05, 0.1) is 26.2 Å². The molecule has 0 bridgehead atoms. The minimum Gasteiger partial charge on any atom is -1.00 e. The first-order chi connectivity index (χ1) is 14.2. The molecule has 30 heavy (non-hydrogen) atoms. The molecule has 0 aromatic rings. The maximum Gasteiger partial charge on any atom is 0.0786 e. The van der Waals surface area contributed by atoms with Crippen molar-refractivity contribution >= 4 is 0 Å². The van der Waals surface area contributed by atoms with Gasteiger partial charge in [-0.3, -0.25) is 0 Å². The van der Waals surface area contributed by atoms with Crippen LogP contribution >= 0.6 is 0 Å². The third kappa shape index (κ3) is 20.3. The van der Waals surface area contributed by atoms with Gasteiger partial charge in [-0.05, 0) is 38.5 Å². The Morgan fingerprint density at radius 3 is 0.833 bits per heavy atom. The van der Waals surface area contributed by atoms with Crippen LogP contribution in [0.25, 0.3) is 0 Å². The minimum atomic E-state index is 0. The summed E-state index contributed by atoms with van der Waals surface area (Å²) >= 11 is 0. The second-order valence-corrected chi connectivity index (χ2v) is 9.89. The Morgan fingerprint density at radius 1 is 0.300 bits per heavy atom. The van der Waals surface area contributed by atoms with Gasteiger partial charge in [0.15, 0.2) is 0 Å². The Morgan fingerprint density at radius 2 is 0.533 bits per heavy atom. The van der Waals surface area contributed by atoms with E-state index in [1.165, 1.54) is 159 Å². The van der Waals surface area contributed by atoms with Crippen LogP contribution in [0.2, 0.25) is 0 Å². The molecule has 0 heterocycles. The van der Waals surface area contributed by atoms with Crippen molar-refractivity contribution in [2.24, 2.45) is 0 Å². The molecule has 0 aromatic heterocycles. The lowest BCUT2D eigenvalue weighted by Gasteiger charge is -2.39. The zero-order chi connectivity index (χ0) is 21.5. The van der Waals surface area contributed by atoms with Crippen molar-refractivity contribution in [3.05, 3.63) is 0 Å². The van der Waals surface area contributed by atoms with E-state index in [2.05, 4.69) is 27.7 Å². The number of hydrogen-bond acceptors (Lipinski definition) is 0. The van der Waals surface area contributed by atoms with Gasteiger partial charge < -0.3 is 21.5 Å². The van der Waals surface area contributed by atoms with Crippen molar-refractivity contribution in [2.75, 3.05) is 26.2 Å². The monoisotopic (exact) mass is 489 g/mol. The number of nitrogens with zero attached hydrogens (tertiary/aromatic N) is 1. The topological polar surface area (TPSA) is 0 Å². The normalized spacial score (nSPS) is 11.6. The third-order valence-electron chi connectivity index (χ3n) is 6.94. The molecule has 0 aliphatic rings. The average Bonchev–Trinajstić information content (AvgIpc) is 2.74. The smallest absolute Gasteiger partial charge is 0.0786 e. The minimum absolute atomic E-state index is 0. The molecule has 0 fully saturated rings. The van der Waals surface area contributed by atoms with E-state index in [1.54, 1.807) is 0 Å². The first kappa shape index (κ1) is 32.6. The lowest BCUT2D eigenvalue weighted by atomic mass is 10.1. The molecule has 1 nitrogen and oxygen atoms in total. The van der Waals surface area contributed by atoms with E-state index in [9.17, 15) is 0 Å². The average molecular weight is 491 g/mol. The van der Waals surface area contributed by atoms with Gasteiger partial charge in [0.2, 0.25) is 0 Å². The third-order valence-corrected chi connectivity index (χ3v) is 6.94. The molecule has 0 amide bonds. The number of rotatable bonds is 24. The molecule has 0 aliphatic carbocycles. The number of halogens is 1. The van der Waals surface area contributed by atoms with Crippen molar-refractivity contribution in [1.29, 1.82) is 0 Å². The summed E-state index contributed by atoms with van der Waals surface area (Å²) in [5.41, 5.74) is 0. The Labute approximate surface area is 203 Å². The highest BCUT2D eigenvalue weighted by Gasteiger charge is 2.25. The van der Waals surface area contributed by atoms with E-state index in [1.807, 2.05) is 0 Å². The van der Waals surface area contributed by atoms with Gasteiger partial charge in [-0.2, -0.15) is 0 Å². The molecule has 0 unspecified atom stereocenters. The summed E-state index contributed by atoms with van der Waals surface area (Å²) in [5.74, 6) is 0. The predicted molar refractivity (Wildman–Crippen MR) is 135 cm³/mol. The molecule has 184 valence electrons. The zero-order valence-electron chi connectivity index (χ0n) is 21.8. The SMILES string of the molecule is CCCCCCCCCC[N+](CCCC)(CCCC)CCCCCCCCCC.[Br-]. The largest absolute Gasteiger partial charge is 1.00 e. The molecule has 0 rings (SSSR count). The fourth-order valence-electron chi connectivity index (χ4n) is 4.82. The summed E-state index contributed by atoms with van der Waals surface area (Å²) in [6, 6.07) is 0. The molecule has 0 saturated heterocycles. The molecule has 0 atom stereocenters. The molecular weight excluding hydrogens is 430 g/mol. The Bertz CT molecular complexity index is 275. The first-order valence-electron chi connectivity index (χ1n) is 14.1. The van der Waals surface area contributed by atoms with Gasteiger partial charge in [-0.1, -0.05) is 118 Å². The number of quaternary nitrogens is 1. The van der Waals surface area contributed by atoms with Crippen LogP contribution in [-0.4, -0.2) is 30.7 Å². The van der Waals surface area contributed by atoms with Crippen LogP contribution in [0.5, 0.6) is 0 Å². The van der Waals surface area contributed by atoms with E-state index in [0.29, 0.717) is 0 Å². The highest BCUT2D eigenvalue weighted by Crippen LogP contribution is 2.19. The maximum atomic E-state index is 2.38. The summed E-state index contributed by atoms with van der Waals surface area (Å²) in [6.07, 6.45) is 28.8. The van der Waals surface area contributed by atoms with Crippen LogP contribution in [0.1, 0.15) is 156 Å².